The largest absolute Gasteiger partial charge is 0.384 e. The van der Waals surface area contributed by atoms with Crippen LogP contribution in [0.5, 0.6) is 0 Å². The maximum atomic E-state index is 13.0. The highest BCUT2D eigenvalue weighted by Crippen LogP contribution is 2.25. The number of pyridine rings is 1. The number of aryl methyl sites for hydroxylation is 2. The monoisotopic (exact) mass is 231 g/mol. The van der Waals surface area contributed by atoms with Crippen LogP contribution in [0.3, 0.4) is 0 Å². The van der Waals surface area contributed by atoms with Gasteiger partial charge in [0.2, 0.25) is 0 Å². The second kappa shape index (κ2) is 4.63. The lowest BCUT2D eigenvalue weighted by Crippen LogP contribution is -2.03. The van der Waals surface area contributed by atoms with E-state index in [0.29, 0.717) is 5.56 Å². The minimum atomic E-state index is -0.834. The van der Waals surface area contributed by atoms with E-state index in [2.05, 4.69) is 4.98 Å². The lowest BCUT2D eigenvalue weighted by atomic mass is 9.97. The molecule has 1 aromatic carbocycles. The summed E-state index contributed by atoms with van der Waals surface area (Å²) in [5.41, 5.74) is 3.37. The predicted octanol–water partition coefficient (Wildman–Crippen LogP) is 2.92. The molecule has 1 N–H and O–H groups in total. The standard InChI is InChI=1S/C14H14FNO/c1-9-3-4-13(10(2)5-9)14(17)11-6-12(15)8-16-7-11/h3-8,14,17H,1-2H3. The Labute approximate surface area is 99.8 Å². The number of hydrogen-bond donors (Lipinski definition) is 1. The van der Waals surface area contributed by atoms with Gasteiger partial charge in [-0.15, -0.1) is 0 Å². The molecule has 17 heavy (non-hydrogen) atoms. The van der Waals surface area contributed by atoms with Crippen molar-refractivity contribution in [2.75, 3.05) is 0 Å². The van der Waals surface area contributed by atoms with Crippen LogP contribution >= 0.6 is 0 Å². The quantitative estimate of drug-likeness (QED) is 0.862. The summed E-state index contributed by atoms with van der Waals surface area (Å²) in [5.74, 6) is -0.439. The molecule has 0 fully saturated rings. The highest BCUT2D eigenvalue weighted by Gasteiger charge is 2.13. The number of nitrogens with zero attached hydrogens (tertiary/aromatic N) is 1. The number of aromatic nitrogens is 1. The molecule has 1 atom stereocenters. The third-order valence-corrected chi connectivity index (χ3v) is 2.76. The average molecular weight is 231 g/mol. The van der Waals surface area contributed by atoms with Crippen molar-refractivity contribution in [3.8, 4) is 0 Å². The van der Waals surface area contributed by atoms with Crippen molar-refractivity contribution in [3.05, 3.63) is 64.7 Å². The maximum absolute atomic E-state index is 13.0. The van der Waals surface area contributed by atoms with Crippen LogP contribution < -0.4 is 0 Å². The molecule has 2 aromatic rings. The highest BCUT2D eigenvalue weighted by atomic mass is 19.1. The summed E-state index contributed by atoms with van der Waals surface area (Å²) in [6, 6.07) is 7.08. The second-order valence-electron chi connectivity index (χ2n) is 4.20. The van der Waals surface area contributed by atoms with Crippen molar-refractivity contribution >= 4 is 0 Å². The van der Waals surface area contributed by atoms with Gasteiger partial charge in [0, 0.05) is 11.8 Å². The Kier molecular flexibility index (Phi) is 3.20. The van der Waals surface area contributed by atoms with Gasteiger partial charge in [-0.1, -0.05) is 23.8 Å². The Bertz CT molecular complexity index is 539. The van der Waals surface area contributed by atoms with Gasteiger partial charge in [-0.05, 0) is 31.0 Å². The molecule has 1 aromatic heterocycles. The molecule has 0 saturated carbocycles. The molecule has 0 aliphatic heterocycles. The number of aliphatic hydroxyl groups is 1. The van der Waals surface area contributed by atoms with Crippen molar-refractivity contribution in [2.45, 2.75) is 20.0 Å². The lowest BCUT2D eigenvalue weighted by molar-refractivity contribution is 0.218. The minimum Gasteiger partial charge on any atom is -0.384 e. The summed E-state index contributed by atoms with van der Waals surface area (Å²) in [7, 11) is 0. The second-order valence-corrected chi connectivity index (χ2v) is 4.20. The first-order valence-corrected chi connectivity index (χ1v) is 5.43. The maximum Gasteiger partial charge on any atom is 0.141 e. The van der Waals surface area contributed by atoms with Crippen LogP contribution in [-0.4, -0.2) is 10.1 Å². The molecule has 3 heteroatoms. The molecule has 1 unspecified atom stereocenters. The smallest absolute Gasteiger partial charge is 0.141 e. The van der Waals surface area contributed by atoms with Gasteiger partial charge in [0.25, 0.3) is 0 Å². The Hall–Kier alpha value is -1.74. The molecular formula is C14H14FNO. The van der Waals surface area contributed by atoms with Crippen LogP contribution in [-0.2, 0) is 0 Å². The van der Waals surface area contributed by atoms with E-state index in [1.807, 2.05) is 32.0 Å². The Balaban J connectivity index is 2.40. The third-order valence-electron chi connectivity index (χ3n) is 2.76. The van der Waals surface area contributed by atoms with Crippen molar-refractivity contribution in [2.24, 2.45) is 0 Å². The van der Waals surface area contributed by atoms with Crippen molar-refractivity contribution in [3.63, 3.8) is 0 Å². The highest BCUT2D eigenvalue weighted by molar-refractivity contribution is 5.36. The SMILES string of the molecule is Cc1ccc(C(O)c2cncc(F)c2)c(C)c1. The summed E-state index contributed by atoms with van der Waals surface area (Å²) < 4.78 is 13.0. The number of benzene rings is 1. The number of rotatable bonds is 2. The molecule has 0 bridgehead atoms. The first-order chi connectivity index (χ1) is 8.08. The molecule has 0 saturated heterocycles. The van der Waals surface area contributed by atoms with Gasteiger partial charge in [-0.3, -0.25) is 4.98 Å². The third kappa shape index (κ3) is 2.50. The van der Waals surface area contributed by atoms with Gasteiger partial charge in [-0.25, -0.2) is 4.39 Å². The Morgan fingerprint density at radius 2 is 1.94 bits per heavy atom. The fourth-order valence-corrected chi connectivity index (χ4v) is 1.89. The van der Waals surface area contributed by atoms with Gasteiger partial charge < -0.3 is 5.11 Å². The molecule has 2 rings (SSSR count). The number of aliphatic hydroxyl groups excluding tert-OH is 1. The van der Waals surface area contributed by atoms with E-state index in [1.165, 1.54) is 12.3 Å². The summed E-state index contributed by atoms with van der Waals surface area (Å²) in [6.07, 6.45) is 1.77. The summed E-state index contributed by atoms with van der Waals surface area (Å²) in [4.78, 5) is 3.74. The van der Waals surface area contributed by atoms with Gasteiger partial charge in [0.1, 0.15) is 11.9 Å². The van der Waals surface area contributed by atoms with Crippen LogP contribution in [0.2, 0.25) is 0 Å². The van der Waals surface area contributed by atoms with E-state index < -0.39 is 11.9 Å². The van der Waals surface area contributed by atoms with E-state index >= 15 is 0 Å². The average Bonchev–Trinajstić information content (AvgIpc) is 2.28. The zero-order valence-corrected chi connectivity index (χ0v) is 9.81. The molecule has 0 radical (unpaired) electrons. The summed E-state index contributed by atoms with van der Waals surface area (Å²) in [6.45, 7) is 3.92. The first-order valence-electron chi connectivity index (χ1n) is 5.43. The molecular weight excluding hydrogens is 217 g/mol. The van der Waals surface area contributed by atoms with E-state index in [0.717, 1.165) is 22.9 Å². The van der Waals surface area contributed by atoms with Crippen LogP contribution in [0.15, 0.2) is 36.7 Å². The minimum absolute atomic E-state index is 0.439. The van der Waals surface area contributed by atoms with Gasteiger partial charge >= 0.3 is 0 Å². The molecule has 0 spiro atoms. The van der Waals surface area contributed by atoms with Gasteiger partial charge in [0.05, 0.1) is 6.20 Å². The number of halogens is 1. The van der Waals surface area contributed by atoms with Crippen molar-refractivity contribution in [1.82, 2.24) is 4.98 Å². The molecule has 0 aliphatic carbocycles. The zero-order chi connectivity index (χ0) is 12.4. The number of hydrogen-bond acceptors (Lipinski definition) is 2. The Morgan fingerprint density at radius 3 is 2.59 bits per heavy atom. The lowest BCUT2D eigenvalue weighted by Gasteiger charge is -2.14. The molecule has 1 heterocycles. The van der Waals surface area contributed by atoms with Crippen LogP contribution in [0.1, 0.15) is 28.4 Å². The van der Waals surface area contributed by atoms with E-state index in [4.69, 9.17) is 0 Å². The van der Waals surface area contributed by atoms with E-state index in [9.17, 15) is 9.50 Å². The van der Waals surface area contributed by atoms with Crippen LogP contribution in [0.25, 0.3) is 0 Å². The zero-order valence-electron chi connectivity index (χ0n) is 9.81. The van der Waals surface area contributed by atoms with Crippen LogP contribution in [0.4, 0.5) is 4.39 Å². The molecule has 0 amide bonds. The topological polar surface area (TPSA) is 33.1 Å². The van der Waals surface area contributed by atoms with Gasteiger partial charge in [0.15, 0.2) is 0 Å². The van der Waals surface area contributed by atoms with Crippen molar-refractivity contribution in [1.29, 1.82) is 0 Å². The fraction of sp³-hybridized carbons (Fsp3) is 0.214. The van der Waals surface area contributed by atoms with E-state index in [-0.39, 0.29) is 0 Å². The fourth-order valence-electron chi connectivity index (χ4n) is 1.89. The molecule has 88 valence electrons. The summed E-state index contributed by atoms with van der Waals surface area (Å²) >= 11 is 0. The predicted molar refractivity (Wildman–Crippen MR) is 64.2 cm³/mol. The van der Waals surface area contributed by atoms with Gasteiger partial charge in [-0.2, -0.15) is 0 Å². The normalized spacial score (nSPS) is 12.5. The van der Waals surface area contributed by atoms with E-state index in [1.54, 1.807) is 0 Å². The molecule has 2 nitrogen and oxygen atoms in total. The first kappa shape index (κ1) is 11.7. The summed E-state index contributed by atoms with van der Waals surface area (Å²) in [5, 5.41) is 10.2. The van der Waals surface area contributed by atoms with Crippen molar-refractivity contribution < 1.29 is 9.50 Å². The molecule has 0 aliphatic rings. The Morgan fingerprint density at radius 1 is 1.18 bits per heavy atom. The van der Waals surface area contributed by atoms with Crippen LogP contribution in [0, 0.1) is 19.7 Å².